The van der Waals surface area contributed by atoms with Crippen LogP contribution < -0.4 is 5.32 Å². The Hall–Kier alpha value is -2.19. The fraction of sp³-hybridized carbons (Fsp3) is 0.542. The minimum atomic E-state index is -0.554. The molecule has 4 rings (SSSR count). The molecule has 0 radical (unpaired) electrons. The second-order valence-corrected chi connectivity index (χ2v) is 11.0. The molecule has 0 bridgehead atoms. The molecule has 1 saturated carbocycles. The van der Waals surface area contributed by atoms with Gasteiger partial charge >= 0.3 is 6.09 Å². The zero-order chi connectivity index (χ0) is 23.0. The van der Waals surface area contributed by atoms with Crippen LogP contribution in [-0.2, 0) is 14.9 Å². The van der Waals surface area contributed by atoms with E-state index in [0.29, 0.717) is 13.2 Å². The normalized spacial score (nSPS) is 27.0. The van der Waals surface area contributed by atoms with E-state index in [1.165, 1.54) is 0 Å². The van der Waals surface area contributed by atoms with E-state index in [4.69, 9.17) is 9.47 Å². The second kappa shape index (κ2) is 8.63. The number of rotatable bonds is 7. The lowest BCUT2D eigenvalue weighted by Crippen LogP contribution is -2.38. The highest BCUT2D eigenvalue weighted by Gasteiger charge is 2.60. The lowest BCUT2D eigenvalue weighted by atomic mass is 9.81. The second-order valence-electron chi connectivity index (χ2n) is 10.1. The summed E-state index contributed by atoms with van der Waals surface area (Å²) >= 11 is 3.53. The molecule has 1 fully saturated rings. The van der Waals surface area contributed by atoms with Crippen molar-refractivity contribution in [1.29, 1.82) is 0 Å². The minimum absolute atomic E-state index is 0.117. The van der Waals surface area contributed by atoms with Gasteiger partial charge in [-0.15, -0.1) is 10.2 Å². The van der Waals surface area contributed by atoms with Crippen LogP contribution >= 0.6 is 15.9 Å². The molecule has 0 aromatic carbocycles. The van der Waals surface area contributed by atoms with Gasteiger partial charge in [-0.1, -0.05) is 31.2 Å². The number of nitrogens with one attached hydrogen (secondary N) is 1. The lowest BCUT2D eigenvalue weighted by molar-refractivity contribution is 0.0505. The molecule has 32 heavy (non-hydrogen) atoms. The van der Waals surface area contributed by atoms with Crippen LogP contribution in [0.5, 0.6) is 0 Å². The van der Waals surface area contributed by atoms with Crippen LogP contribution in [-0.4, -0.2) is 45.5 Å². The number of pyridine rings is 1. The third kappa shape index (κ3) is 5.07. The fourth-order valence-electron chi connectivity index (χ4n) is 4.14. The van der Waals surface area contributed by atoms with Crippen LogP contribution in [0.2, 0.25) is 0 Å². The number of halogens is 1. The Morgan fingerprint density at radius 3 is 2.84 bits per heavy atom. The van der Waals surface area contributed by atoms with E-state index in [-0.39, 0.29) is 11.5 Å². The Labute approximate surface area is 197 Å². The highest BCUT2D eigenvalue weighted by molar-refractivity contribution is 9.10. The number of amides is 1. The monoisotopic (exact) mass is 502 g/mol. The van der Waals surface area contributed by atoms with Gasteiger partial charge in [0.25, 0.3) is 0 Å². The molecule has 8 heteroatoms. The molecule has 2 aromatic heterocycles. The molecule has 0 spiro atoms. The number of aromatic nitrogens is 3. The van der Waals surface area contributed by atoms with E-state index in [1.54, 1.807) is 0 Å². The zero-order valence-corrected chi connectivity index (χ0v) is 20.7. The van der Waals surface area contributed by atoms with Gasteiger partial charge in [0.1, 0.15) is 11.4 Å². The number of fused-ring (bicyclic) bond motifs is 1. The first kappa shape index (κ1) is 23.0. The maximum absolute atomic E-state index is 12.4. The minimum Gasteiger partial charge on any atom is -0.444 e. The zero-order valence-electron chi connectivity index (χ0n) is 19.1. The van der Waals surface area contributed by atoms with E-state index in [2.05, 4.69) is 62.7 Å². The Kier molecular flexibility index (Phi) is 6.20. The number of allylic oxidation sites excluding steroid dienone is 4. The molecule has 2 aliphatic carbocycles. The maximum Gasteiger partial charge on any atom is 0.407 e. The lowest BCUT2D eigenvalue weighted by Gasteiger charge is -2.27. The first-order valence-electron chi connectivity index (χ1n) is 11.0. The Bertz CT molecular complexity index is 1060. The average Bonchev–Trinajstić information content (AvgIpc) is 3.20. The molecule has 3 unspecified atom stereocenters. The topological polar surface area (TPSA) is 77.8 Å². The summed E-state index contributed by atoms with van der Waals surface area (Å²) in [5.41, 5.74) is -0.119. The van der Waals surface area contributed by atoms with Crippen LogP contribution in [0.4, 0.5) is 4.79 Å². The quantitative estimate of drug-likeness (QED) is 0.541. The molecule has 2 heterocycles. The third-order valence-corrected chi connectivity index (χ3v) is 6.55. The van der Waals surface area contributed by atoms with Crippen molar-refractivity contribution in [1.82, 2.24) is 19.9 Å². The molecule has 1 N–H and O–H groups in total. The number of carbonyl (C=O) groups excluding carboxylic acids is 1. The van der Waals surface area contributed by atoms with Gasteiger partial charge in [0.15, 0.2) is 5.65 Å². The average molecular weight is 503 g/mol. The van der Waals surface area contributed by atoms with Crippen molar-refractivity contribution in [3.63, 3.8) is 0 Å². The third-order valence-electron chi connectivity index (χ3n) is 6.08. The van der Waals surface area contributed by atoms with E-state index >= 15 is 0 Å². The molecule has 172 valence electrons. The van der Waals surface area contributed by atoms with Gasteiger partial charge < -0.3 is 14.8 Å². The number of hydrogen-bond donors (Lipinski definition) is 1. The van der Waals surface area contributed by atoms with Crippen molar-refractivity contribution in [2.24, 2.45) is 5.41 Å². The van der Waals surface area contributed by atoms with Gasteiger partial charge in [-0.2, -0.15) is 0 Å². The first-order chi connectivity index (χ1) is 15.1. The highest BCUT2D eigenvalue weighted by Crippen LogP contribution is 2.48. The van der Waals surface area contributed by atoms with Crippen molar-refractivity contribution in [2.45, 2.75) is 64.0 Å². The number of alkyl carbamates (subject to hydrolysis) is 1. The number of nitrogens with zero attached hydrogens (tertiary/aromatic N) is 3. The summed E-state index contributed by atoms with van der Waals surface area (Å²) in [6.45, 7) is 8.91. The summed E-state index contributed by atoms with van der Waals surface area (Å²) in [4.78, 5) is 12.4. The van der Waals surface area contributed by atoms with E-state index < -0.39 is 17.1 Å². The SMILES string of the molecule is CC1(CCOCC2(c3nnc4ccc(Br)cn34)CC2NC(=O)OC(C)(C)C)C=CC=CC1. The molecule has 3 atom stereocenters. The van der Waals surface area contributed by atoms with E-state index in [1.807, 2.05) is 43.5 Å². The molecule has 0 saturated heterocycles. The van der Waals surface area contributed by atoms with Gasteiger partial charge in [-0.25, -0.2) is 4.79 Å². The van der Waals surface area contributed by atoms with Crippen molar-refractivity contribution in [3.8, 4) is 0 Å². The van der Waals surface area contributed by atoms with Crippen LogP contribution in [0.25, 0.3) is 5.65 Å². The van der Waals surface area contributed by atoms with Crippen LogP contribution in [0.1, 0.15) is 52.8 Å². The van der Waals surface area contributed by atoms with Crippen molar-refractivity contribution in [3.05, 3.63) is 52.9 Å². The standard InChI is InChI=1S/C24H31BrN4O3/c1-22(2,3)32-21(30)26-18-14-24(18,16-31-13-12-23(4)10-6-5-7-11-23)20-28-27-19-9-8-17(25)15-29(19)20/h5-10,15,18H,11-14,16H2,1-4H3,(H,26,30). The Morgan fingerprint density at radius 2 is 2.12 bits per heavy atom. The predicted molar refractivity (Wildman–Crippen MR) is 127 cm³/mol. The van der Waals surface area contributed by atoms with Gasteiger partial charge in [0, 0.05) is 23.3 Å². The van der Waals surface area contributed by atoms with E-state index in [0.717, 1.165) is 35.2 Å². The molecule has 1 amide bonds. The summed E-state index contributed by atoms with van der Waals surface area (Å²) in [7, 11) is 0. The number of hydrogen-bond acceptors (Lipinski definition) is 5. The fourth-order valence-corrected chi connectivity index (χ4v) is 4.47. The molecule has 7 nitrogen and oxygen atoms in total. The van der Waals surface area contributed by atoms with Gasteiger partial charge in [0.2, 0.25) is 0 Å². The van der Waals surface area contributed by atoms with Crippen molar-refractivity contribution < 1.29 is 14.3 Å². The van der Waals surface area contributed by atoms with Crippen LogP contribution in [0, 0.1) is 5.41 Å². The Morgan fingerprint density at radius 1 is 1.31 bits per heavy atom. The largest absolute Gasteiger partial charge is 0.444 e. The molecule has 0 aliphatic heterocycles. The molecule has 2 aliphatic rings. The molecular formula is C24H31BrN4O3. The smallest absolute Gasteiger partial charge is 0.407 e. The molecular weight excluding hydrogens is 472 g/mol. The Balaban J connectivity index is 1.49. The van der Waals surface area contributed by atoms with E-state index in [9.17, 15) is 4.79 Å². The van der Waals surface area contributed by atoms with Crippen molar-refractivity contribution >= 4 is 27.7 Å². The highest BCUT2D eigenvalue weighted by atomic mass is 79.9. The number of ether oxygens (including phenoxy) is 2. The summed E-state index contributed by atoms with van der Waals surface area (Å²) < 4.78 is 14.6. The van der Waals surface area contributed by atoms with Gasteiger partial charge in [-0.05, 0) is 73.5 Å². The van der Waals surface area contributed by atoms with Crippen molar-refractivity contribution in [2.75, 3.05) is 13.2 Å². The van der Waals surface area contributed by atoms with Gasteiger partial charge in [0.05, 0.1) is 12.0 Å². The summed E-state index contributed by atoms with van der Waals surface area (Å²) in [5, 5.41) is 11.8. The summed E-state index contributed by atoms with van der Waals surface area (Å²) in [6, 6.07) is 3.72. The summed E-state index contributed by atoms with van der Waals surface area (Å²) in [6.07, 6.45) is 12.8. The van der Waals surface area contributed by atoms with Crippen LogP contribution in [0.15, 0.2) is 47.1 Å². The van der Waals surface area contributed by atoms with Gasteiger partial charge in [-0.3, -0.25) is 4.40 Å². The maximum atomic E-state index is 12.4. The first-order valence-corrected chi connectivity index (χ1v) is 11.8. The predicted octanol–water partition coefficient (Wildman–Crippen LogP) is 4.96. The number of carbonyl (C=O) groups is 1. The molecule has 2 aromatic rings. The van der Waals surface area contributed by atoms with Crippen LogP contribution in [0.3, 0.4) is 0 Å². The summed E-state index contributed by atoms with van der Waals surface area (Å²) in [5.74, 6) is 0.793.